The summed E-state index contributed by atoms with van der Waals surface area (Å²) in [6.45, 7) is 10.0. The first-order chi connectivity index (χ1) is 13.5. The minimum absolute atomic E-state index is 0.0748. The third-order valence-corrected chi connectivity index (χ3v) is 6.94. The Balaban J connectivity index is 1.37. The number of nitrogens with zero attached hydrogens (tertiary/aromatic N) is 5. The first kappa shape index (κ1) is 21.1. The van der Waals surface area contributed by atoms with Gasteiger partial charge in [-0.1, -0.05) is 13.8 Å². The van der Waals surface area contributed by atoms with E-state index in [0.717, 1.165) is 70.8 Å². The van der Waals surface area contributed by atoms with Crippen molar-refractivity contribution >= 4 is 11.9 Å². The van der Waals surface area contributed by atoms with E-state index in [1.807, 2.05) is 6.07 Å². The normalized spacial score (nSPS) is 25.8. The summed E-state index contributed by atoms with van der Waals surface area (Å²) in [5.74, 6) is 0.713. The number of piperidine rings is 1. The Bertz CT molecular complexity index is 629. The zero-order valence-electron chi connectivity index (χ0n) is 17.5. The lowest BCUT2D eigenvalue weighted by atomic mass is 9.73. The summed E-state index contributed by atoms with van der Waals surface area (Å²) in [5.41, 5.74) is 0.0748. The van der Waals surface area contributed by atoms with Gasteiger partial charge in [0.2, 0.25) is 5.95 Å². The van der Waals surface area contributed by atoms with Crippen molar-refractivity contribution in [2.24, 2.45) is 5.41 Å². The van der Waals surface area contributed by atoms with Crippen molar-refractivity contribution in [1.82, 2.24) is 14.9 Å². The van der Waals surface area contributed by atoms with Crippen molar-refractivity contribution < 1.29 is 9.44 Å². The molecule has 156 valence electrons. The lowest BCUT2D eigenvalue weighted by Crippen LogP contribution is -2.55. The van der Waals surface area contributed by atoms with Gasteiger partial charge < -0.3 is 10.1 Å². The highest BCUT2D eigenvalue weighted by molar-refractivity contribution is 5.71. The number of quaternary nitrogens is 1. The maximum Gasteiger partial charge on any atom is 0.314 e. The van der Waals surface area contributed by atoms with E-state index < -0.39 is 4.65 Å². The molecule has 1 atom stereocenters. The molecule has 2 aliphatic heterocycles. The number of carbonyl (C=O) groups excluding carboxylic acids is 1. The highest BCUT2D eigenvalue weighted by Crippen LogP contribution is 2.40. The number of hydroxylamine groups is 3. The number of piperazine rings is 1. The number of anilines is 1. The SMILES string of the molecule is CCC1(CC)CC[N+]([O-])(CCCCN2CCN(c3ncccn3)CC2)C(=O)C1. The second kappa shape index (κ2) is 9.29. The zero-order chi connectivity index (χ0) is 20.0. The van der Waals surface area contributed by atoms with Crippen LogP contribution in [0.5, 0.6) is 0 Å². The Kier molecular flexibility index (Phi) is 7.01. The molecule has 28 heavy (non-hydrogen) atoms. The fourth-order valence-electron chi connectivity index (χ4n) is 4.51. The van der Waals surface area contributed by atoms with E-state index in [-0.39, 0.29) is 11.3 Å². The van der Waals surface area contributed by atoms with E-state index in [2.05, 4.69) is 33.6 Å². The van der Waals surface area contributed by atoms with Gasteiger partial charge >= 0.3 is 5.91 Å². The standard InChI is InChI=1S/C21H35N5O2/c1-3-21(4-2)8-17-26(28,19(27)18-21)16-6-5-11-24-12-14-25(15-13-24)20-22-9-7-10-23-20/h7,9-10H,3-6,8,11-18H2,1-2H3. The predicted molar refractivity (Wildman–Crippen MR) is 111 cm³/mol. The Morgan fingerprint density at radius 3 is 2.39 bits per heavy atom. The topological polar surface area (TPSA) is 72.4 Å². The van der Waals surface area contributed by atoms with Gasteiger partial charge in [0.1, 0.15) is 0 Å². The molecule has 3 heterocycles. The van der Waals surface area contributed by atoms with Crippen LogP contribution < -0.4 is 4.90 Å². The van der Waals surface area contributed by atoms with Crippen LogP contribution in [0.25, 0.3) is 0 Å². The number of carbonyl (C=O) groups is 1. The fraction of sp³-hybridized carbons (Fsp3) is 0.762. The van der Waals surface area contributed by atoms with E-state index in [0.29, 0.717) is 19.5 Å². The fourth-order valence-corrected chi connectivity index (χ4v) is 4.51. The molecule has 0 bridgehead atoms. The lowest BCUT2D eigenvalue weighted by Gasteiger charge is -2.48. The first-order valence-electron chi connectivity index (χ1n) is 10.9. The zero-order valence-corrected chi connectivity index (χ0v) is 17.5. The largest absolute Gasteiger partial charge is 0.625 e. The summed E-state index contributed by atoms with van der Waals surface area (Å²) in [6, 6.07) is 1.84. The molecule has 1 amide bonds. The minimum Gasteiger partial charge on any atom is -0.625 e. The molecule has 1 aromatic rings. The molecule has 0 aliphatic carbocycles. The van der Waals surface area contributed by atoms with Crippen LogP contribution in [-0.4, -0.2) is 71.2 Å². The van der Waals surface area contributed by atoms with E-state index >= 15 is 0 Å². The molecule has 1 aromatic heterocycles. The molecule has 2 aliphatic rings. The molecule has 7 heteroatoms. The number of likely N-dealkylation sites (tertiary alicyclic amines) is 1. The van der Waals surface area contributed by atoms with Gasteiger partial charge in [-0.3, -0.25) is 9.55 Å². The van der Waals surface area contributed by atoms with Gasteiger partial charge in [-0.15, -0.1) is 0 Å². The molecule has 2 fully saturated rings. The highest BCUT2D eigenvalue weighted by atomic mass is 16.6. The Hall–Kier alpha value is -1.57. The molecule has 0 N–H and O–H groups in total. The quantitative estimate of drug-likeness (QED) is 0.387. The van der Waals surface area contributed by atoms with Gasteiger partial charge in [0, 0.05) is 45.0 Å². The summed E-state index contributed by atoms with van der Waals surface area (Å²) in [5, 5.41) is 13.0. The van der Waals surface area contributed by atoms with Gasteiger partial charge in [0.25, 0.3) is 0 Å². The molecule has 0 aromatic carbocycles. The Morgan fingerprint density at radius 2 is 1.79 bits per heavy atom. The van der Waals surface area contributed by atoms with Crippen molar-refractivity contribution in [2.45, 2.75) is 52.4 Å². The number of rotatable bonds is 8. The number of hydrogen-bond acceptors (Lipinski definition) is 6. The van der Waals surface area contributed by atoms with Crippen molar-refractivity contribution in [1.29, 1.82) is 0 Å². The van der Waals surface area contributed by atoms with Gasteiger partial charge in [-0.25, -0.2) is 14.8 Å². The van der Waals surface area contributed by atoms with Crippen LogP contribution in [0, 0.1) is 10.6 Å². The molecule has 1 unspecified atom stereocenters. The van der Waals surface area contributed by atoms with Crippen LogP contribution in [0.2, 0.25) is 0 Å². The predicted octanol–water partition coefficient (Wildman–Crippen LogP) is 2.82. The summed E-state index contributed by atoms with van der Waals surface area (Å²) in [6.07, 6.45) is 8.70. The second-order valence-electron chi connectivity index (χ2n) is 8.45. The van der Waals surface area contributed by atoms with E-state index in [1.165, 1.54) is 0 Å². The molecule has 2 saturated heterocycles. The van der Waals surface area contributed by atoms with Crippen LogP contribution in [0.4, 0.5) is 5.95 Å². The molecule has 0 radical (unpaired) electrons. The number of aromatic nitrogens is 2. The average molecular weight is 390 g/mol. The van der Waals surface area contributed by atoms with Gasteiger partial charge in [-0.2, -0.15) is 0 Å². The smallest absolute Gasteiger partial charge is 0.314 e. The summed E-state index contributed by atoms with van der Waals surface area (Å²) in [4.78, 5) is 25.8. The van der Waals surface area contributed by atoms with Crippen LogP contribution in [0.3, 0.4) is 0 Å². The summed E-state index contributed by atoms with van der Waals surface area (Å²) >= 11 is 0. The summed E-state index contributed by atoms with van der Waals surface area (Å²) < 4.78 is -0.596. The van der Waals surface area contributed by atoms with Gasteiger partial charge in [0.15, 0.2) is 0 Å². The molecule has 0 saturated carbocycles. The number of amides is 1. The van der Waals surface area contributed by atoms with Crippen LogP contribution in [0.15, 0.2) is 18.5 Å². The molecule has 7 nitrogen and oxygen atoms in total. The van der Waals surface area contributed by atoms with Gasteiger partial charge in [0.05, 0.1) is 19.5 Å². The maximum atomic E-state index is 13.0. The van der Waals surface area contributed by atoms with Crippen LogP contribution in [-0.2, 0) is 4.79 Å². The molecular formula is C21H35N5O2. The van der Waals surface area contributed by atoms with E-state index in [4.69, 9.17) is 0 Å². The third kappa shape index (κ3) is 4.88. The van der Waals surface area contributed by atoms with Crippen molar-refractivity contribution in [3.8, 4) is 0 Å². The number of unbranched alkanes of at least 4 members (excludes halogenated alkanes) is 1. The lowest BCUT2D eigenvalue weighted by molar-refractivity contribution is -0.811. The Labute approximate surface area is 168 Å². The van der Waals surface area contributed by atoms with Crippen molar-refractivity contribution in [3.63, 3.8) is 0 Å². The second-order valence-corrected chi connectivity index (χ2v) is 8.45. The highest BCUT2D eigenvalue weighted by Gasteiger charge is 2.42. The number of hydrogen-bond donors (Lipinski definition) is 0. The molecular weight excluding hydrogens is 354 g/mol. The van der Waals surface area contributed by atoms with Crippen LogP contribution in [0.1, 0.15) is 52.4 Å². The maximum absolute atomic E-state index is 13.0. The average Bonchev–Trinajstić information content (AvgIpc) is 2.75. The molecule has 0 spiro atoms. The first-order valence-corrected chi connectivity index (χ1v) is 10.9. The van der Waals surface area contributed by atoms with Crippen molar-refractivity contribution in [2.75, 3.05) is 50.7 Å². The molecule has 3 rings (SSSR count). The third-order valence-electron chi connectivity index (χ3n) is 6.94. The van der Waals surface area contributed by atoms with E-state index in [9.17, 15) is 10.0 Å². The minimum atomic E-state index is -0.596. The van der Waals surface area contributed by atoms with Crippen molar-refractivity contribution in [3.05, 3.63) is 23.7 Å². The summed E-state index contributed by atoms with van der Waals surface area (Å²) in [7, 11) is 0. The Morgan fingerprint density at radius 1 is 1.11 bits per heavy atom. The van der Waals surface area contributed by atoms with E-state index in [1.54, 1.807) is 12.4 Å². The van der Waals surface area contributed by atoms with Crippen LogP contribution >= 0.6 is 0 Å². The van der Waals surface area contributed by atoms with Gasteiger partial charge in [-0.05, 0) is 43.7 Å². The monoisotopic (exact) mass is 389 g/mol.